The zero-order valence-corrected chi connectivity index (χ0v) is 12.3. The molecular weight excluding hydrogens is 274 g/mol. The molecule has 0 amide bonds. The van der Waals surface area contributed by atoms with Crippen LogP contribution in [-0.4, -0.2) is 5.78 Å². The number of carbonyl (C=O) groups excluding carboxylic acids is 1. The van der Waals surface area contributed by atoms with E-state index in [0.29, 0.717) is 27.7 Å². The lowest BCUT2D eigenvalue weighted by atomic mass is 9.90. The average molecular weight is 288 g/mol. The Kier molecular flexibility index (Phi) is 3.96. The van der Waals surface area contributed by atoms with Gasteiger partial charge in [0.1, 0.15) is 17.4 Å². The summed E-state index contributed by atoms with van der Waals surface area (Å²) in [6, 6.07) is 8.88. The number of hydrogen-bond acceptors (Lipinski definition) is 3. The standard InChI is InChI=1S/C16H14ClNO2/c1-9-10(2)20-11(3)15(9)16(19)14(8-18)12-5-4-6-13(17)7-12/h4-7,14H,1-3H3. The van der Waals surface area contributed by atoms with Gasteiger partial charge in [0.25, 0.3) is 0 Å². The first-order valence-corrected chi connectivity index (χ1v) is 6.59. The van der Waals surface area contributed by atoms with Crippen molar-refractivity contribution in [3.8, 4) is 6.07 Å². The highest BCUT2D eigenvalue weighted by Gasteiger charge is 2.27. The van der Waals surface area contributed by atoms with Crippen molar-refractivity contribution in [2.45, 2.75) is 26.7 Å². The van der Waals surface area contributed by atoms with Crippen molar-refractivity contribution < 1.29 is 9.21 Å². The summed E-state index contributed by atoms with van der Waals surface area (Å²) in [6.45, 7) is 5.37. The Labute approximate surface area is 122 Å². The quantitative estimate of drug-likeness (QED) is 0.789. The van der Waals surface area contributed by atoms with Crippen LogP contribution in [0, 0.1) is 32.1 Å². The smallest absolute Gasteiger partial charge is 0.188 e. The Bertz CT molecular complexity index is 710. The molecule has 0 aliphatic rings. The minimum atomic E-state index is -0.872. The second-order valence-corrected chi connectivity index (χ2v) is 5.13. The van der Waals surface area contributed by atoms with Crippen molar-refractivity contribution in [1.82, 2.24) is 0 Å². The number of benzene rings is 1. The van der Waals surface area contributed by atoms with E-state index in [1.54, 1.807) is 38.1 Å². The molecule has 1 atom stereocenters. The number of nitriles is 1. The third-order valence-electron chi connectivity index (χ3n) is 3.38. The number of halogens is 1. The van der Waals surface area contributed by atoms with Gasteiger partial charge in [-0.1, -0.05) is 23.7 Å². The van der Waals surface area contributed by atoms with Crippen LogP contribution < -0.4 is 0 Å². The minimum Gasteiger partial charge on any atom is -0.466 e. The van der Waals surface area contributed by atoms with E-state index in [1.807, 2.05) is 6.92 Å². The molecule has 0 aliphatic heterocycles. The largest absolute Gasteiger partial charge is 0.466 e. The van der Waals surface area contributed by atoms with E-state index in [0.717, 1.165) is 5.56 Å². The van der Waals surface area contributed by atoms with Gasteiger partial charge in [0.2, 0.25) is 0 Å². The van der Waals surface area contributed by atoms with Gasteiger partial charge in [-0.2, -0.15) is 5.26 Å². The molecule has 102 valence electrons. The van der Waals surface area contributed by atoms with Crippen molar-refractivity contribution in [2.75, 3.05) is 0 Å². The van der Waals surface area contributed by atoms with E-state index in [1.165, 1.54) is 0 Å². The van der Waals surface area contributed by atoms with E-state index < -0.39 is 5.92 Å². The molecule has 3 nitrogen and oxygen atoms in total. The zero-order valence-electron chi connectivity index (χ0n) is 11.5. The van der Waals surface area contributed by atoms with Crippen LogP contribution in [0.4, 0.5) is 0 Å². The number of nitrogens with zero attached hydrogens (tertiary/aromatic N) is 1. The van der Waals surface area contributed by atoms with Crippen LogP contribution in [0.3, 0.4) is 0 Å². The predicted molar refractivity (Wildman–Crippen MR) is 77.1 cm³/mol. The van der Waals surface area contributed by atoms with Gasteiger partial charge in [-0.05, 0) is 38.5 Å². The number of Topliss-reactive ketones (excluding diaryl/α,β-unsaturated/α-hetero) is 1. The molecule has 0 saturated carbocycles. The number of aryl methyl sites for hydroxylation is 2. The van der Waals surface area contributed by atoms with E-state index in [2.05, 4.69) is 6.07 Å². The van der Waals surface area contributed by atoms with E-state index in [-0.39, 0.29) is 5.78 Å². The Morgan fingerprint density at radius 1 is 1.30 bits per heavy atom. The Hall–Kier alpha value is -2.05. The zero-order chi connectivity index (χ0) is 14.9. The fourth-order valence-corrected chi connectivity index (χ4v) is 2.47. The molecule has 1 aromatic heterocycles. The molecule has 0 bridgehead atoms. The molecule has 0 fully saturated rings. The summed E-state index contributed by atoms with van der Waals surface area (Å²) in [4.78, 5) is 12.6. The molecule has 1 aromatic carbocycles. The van der Waals surface area contributed by atoms with Crippen LogP contribution in [-0.2, 0) is 0 Å². The monoisotopic (exact) mass is 287 g/mol. The second kappa shape index (κ2) is 5.52. The van der Waals surface area contributed by atoms with Gasteiger partial charge in [0.05, 0.1) is 11.6 Å². The van der Waals surface area contributed by atoms with Crippen LogP contribution >= 0.6 is 11.6 Å². The molecular formula is C16H14ClNO2. The lowest BCUT2D eigenvalue weighted by molar-refractivity contribution is 0.0977. The minimum absolute atomic E-state index is 0.249. The normalized spacial score (nSPS) is 11.9. The highest BCUT2D eigenvalue weighted by Crippen LogP contribution is 2.28. The second-order valence-electron chi connectivity index (χ2n) is 4.70. The van der Waals surface area contributed by atoms with Crippen molar-refractivity contribution in [2.24, 2.45) is 0 Å². The first kappa shape index (κ1) is 14.4. The molecule has 2 rings (SSSR count). The van der Waals surface area contributed by atoms with Crippen LogP contribution in [0.15, 0.2) is 28.7 Å². The Balaban J connectivity index is 2.48. The molecule has 1 unspecified atom stereocenters. The van der Waals surface area contributed by atoms with Crippen molar-refractivity contribution in [1.29, 1.82) is 5.26 Å². The van der Waals surface area contributed by atoms with Gasteiger partial charge in [-0.3, -0.25) is 4.79 Å². The lowest BCUT2D eigenvalue weighted by Crippen LogP contribution is -2.12. The van der Waals surface area contributed by atoms with Crippen molar-refractivity contribution in [3.05, 3.63) is 57.5 Å². The molecule has 0 N–H and O–H groups in total. The Morgan fingerprint density at radius 3 is 2.50 bits per heavy atom. The first-order valence-electron chi connectivity index (χ1n) is 6.21. The summed E-state index contributed by atoms with van der Waals surface area (Å²) < 4.78 is 5.46. The SMILES string of the molecule is Cc1oc(C)c(C(=O)C(C#N)c2cccc(Cl)c2)c1C. The summed E-state index contributed by atoms with van der Waals surface area (Å²) in [7, 11) is 0. The van der Waals surface area contributed by atoms with Gasteiger partial charge >= 0.3 is 0 Å². The predicted octanol–water partition coefficient (Wildman–Crippen LogP) is 4.35. The summed E-state index contributed by atoms with van der Waals surface area (Å²) in [5.41, 5.74) is 1.88. The highest BCUT2D eigenvalue weighted by molar-refractivity contribution is 6.30. The van der Waals surface area contributed by atoms with Gasteiger partial charge < -0.3 is 4.42 Å². The van der Waals surface area contributed by atoms with E-state index in [9.17, 15) is 10.1 Å². The van der Waals surface area contributed by atoms with E-state index in [4.69, 9.17) is 16.0 Å². The van der Waals surface area contributed by atoms with E-state index >= 15 is 0 Å². The van der Waals surface area contributed by atoms with Crippen LogP contribution in [0.5, 0.6) is 0 Å². The fourth-order valence-electron chi connectivity index (χ4n) is 2.27. The molecule has 20 heavy (non-hydrogen) atoms. The third-order valence-corrected chi connectivity index (χ3v) is 3.62. The Morgan fingerprint density at radius 2 is 2.00 bits per heavy atom. The fraction of sp³-hybridized carbons (Fsp3) is 0.250. The molecule has 2 aromatic rings. The molecule has 0 spiro atoms. The van der Waals surface area contributed by atoms with Gasteiger partial charge in [-0.15, -0.1) is 0 Å². The summed E-state index contributed by atoms with van der Waals surface area (Å²) in [5, 5.41) is 9.85. The van der Waals surface area contributed by atoms with Crippen LogP contribution in [0.2, 0.25) is 5.02 Å². The van der Waals surface area contributed by atoms with Crippen molar-refractivity contribution >= 4 is 17.4 Å². The van der Waals surface area contributed by atoms with Crippen LogP contribution in [0.1, 0.15) is 38.9 Å². The molecule has 4 heteroatoms. The molecule has 0 radical (unpaired) electrons. The molecule has 0 aliphatic carbocycles. The summed E-state index contributed by atoms with van der Waals surface area (Å²) in [5.74, 6) is 0.130. The lowest BCUT2D eigenvalue weighted by Gasteiger charge is -2.09. The first-order chi connectivity index (χ1) is 9.45. The average Bonchev–Trinajstić information content (AvgIpc) is 2.64. The summed E-state index contributed by atoms with van der Waals surface area (Å²) >= 11 is 5.92. The number of carbonyl (C=O) groups is 1. The number of furan rings is 1. The van der Waals surface area contributed by atoms with Crippen molar-refractivity contribution in [3.63, 3.8) is 0 Å². The maximum absolute atomic E-state index is 12.6. The maximum atomic E-state index is 12.6. The molecule has 1 heterocycles. The van der Waals surface area contributed by atoms with Gasteiger partial charge in [-0.25, -0.2) is 0 Å². The maximum Gasteiger partial charge on any atom is 0.188 e. The summed E-state index contributed by atoms with van der Waals surface area (Å²) in [6.07, 6.45) is 0. The van der Waals surface area contributed by atoms with Gasteiger partial charge in [0, 0.05) is 10.6 Å². The molecule has 0 saturated heterocycles. The topological polar surface area (TPSA) is 54.0 Å². The van der Waals surface area contributed by atoms with Crippen LogP contribution in [0.25, 0.3) is 0 Å². The van der Waals surface area contributed by atoms with Gasteiger partial charge in [0.15, 0.2) is 5.78 Å². The third kappa shape index (κ3) is 2.48. The highest BCUT2D eigenvalue weighted by atomic mass is 35.5. The number of rotatable bonds is 3. The number of hydrogen-bond donors (Lipinski definition) is 0. The number of ketones is 1.